The molecule has 0 fully saturated rings. The SMILES string of the molecule is COc1ccc(/C=C\c2cc(OC)c(OC)c(OC)c2OC)cc1N/C=C\C(=O)c1cc(OC)c(OC)c(OC)c1Br. The standard InChI is InChI=1S/C31H34BrNO9/c1-35-23-12-10-18(9-11-19-16-24(36-2)29(40-6)31(42-8)27(19)38-4)15-21(23)33-14-13-22(34)20-17-25(37-3)28(39-5)30(41-7)26(20)32/h9-17,33H,1-8H3/b11-9-,14-13-. The summed E-state index contributed by atoms with van der Waals surface area (Å²) in [4.78, 5) is 13.1. The van der Waals surface area contributed by atoms with E-state index in [1.54, 1.807) is 33.5 Å². The van der Waals surface area contributed by atoms with Gasteiger partial charge in [0.15, 0.2) is 28.8 Å². The molecule has 0 unspecified atom stereocenters. The number of carbonyl (C=O) groups is 1. The molecule has 224 valence electrons. The smallest absolute Gasteiger partial charge is 0.207 e. The lowest BCUT2D eigenvalue weighted by Crippen LogP contribution is -2.03. The van der Waals surface area contributed by atoms with Gasteiger partial charge in [0.2, 0.25) is 17.2 Å². The summed E-state index contributed by atoms with van der Waals surface area (Å²) < 4.78 is 44.2. The van der Waals surface area contributed by atoms with Crippen molar-refractivity contribution in [3.05, 3.63) is 63.8 Å². The molecule has 0 aliphatic heterocycles. The van der Waals surface area contributed by atoms with Crippen LogP contribution in [0.2, 0.25) is 0 Å². The monoisotopic (exact) mass is 643 g/mol. The Morgan fingerprint density at radius 2 is 1.21 bits per heavy atom. The summed E-state index contributed by atoms with van der Waals surface area (Å²) in [6, 6.07) is 8.98. The molecule has 0 spiro atoms. The molecule has 0 bridgehead atoms. The van der Waals surface area contributed by atoms with E-state index < -0.39 is 0 Å². The van der Waals surface area contributed by atoms with Crippen LogP contribution in [0.15, 0.2) is 47.1 Å². The number of allylic oxidation sites excluding steroid dienone is 1. The number of benzene rings is 3. The molecule has 3 aromatic rings. The van der Waals surface area contributed by atoms with Gasteiger partial charge in [0.25, 0.3) is 0 Å². The highest BCUT2D eigenvalue weighted by atomic mass is 79.9. The van der Waals surface area contributed by atoms with Gasteiger partial charge in [0.05, 0.1) is 67.0 Å². The Labute approximate surface area is 253 Å². The van der Waals surface area contributed by atoms with Crippen LogP contribution in [-0.2, 0) is 0 Å². The second kappa shape index (κ2) is 14.9. The lowest BCUT2D eigenvalue weighted by molar-refractivity contribution is 0.104. The van der Waals surface area contributed by atoms with E-state index in [-0.39, 0.29) is 5.78 Å². The van der Waals surface area contributed by atoms with Crippen molar-refractivity contribution >= 4 is 39.6 Å². The number of rotatable bonds is 14. The van der Waals surface area contributed by atoms with E-state index in [9.17, 15) is 4.79 Å². The van der Waals surface area contributed by atoms with E-state index in [1.165, 1.54) is 47.8 Å². The van der Waals surface area contributed by atoms with Crippen molar-refractivity contribution < 1.29 is 42.7 Å². The molecular weight excluding hydrogens is 610 g/mol. The van der Waals surface area contributed by atoms with E-state index in [0.717, 1.165) is 11.1 Å². The molecular formula is C31H34BrNO9. The normalized spacial score (nSPS) is 10.9. The van der Waals surface area contributed by atoms with Crippen molar-refractivity contribution in [3.63, 3.8) is 0 Å². The lowest BCUT2D eigenvalue weighted by Gasteiger charge is -2.17. The van der Waals surface area contributed by atoms with E-state index in [2.05, 4.69) is 21.2 Å². The van der Waals surface area contributed by atoms with Gasteiger partial charge < -0.3 is 43.2 Å². The molecule has 0 aliphatic carbocycles. The fourth-order valence-corrected chi connectivity index (χ4v) is 4.86. The summed E-state index contributed by atoms with van der Waals surface area (Å²) in [5.74, 6) is 3.25. The van der Waals surface area contributed by atoms with Gasteiger partial charge in [0, 0.05) is 23.4 Å². The lowest BCUT2D eigenvalue weighted by atomic mass is 10.1. The average Bonchev–Trinajstić information content (AvgIpc) is 3.02. The van der Waals surface area contributed by atoms with Gasteiger partial charge in [-0.25, -0.2) is 0 Å². The summed E-state index contributed by atoms with van der Waals surface area (Å²) in [6.45, 7) is 0. The van der Waals surface area contributed by atoms with Crippen molar-refractivity contribution in [2.24, 2.45) is 0 Å². The summed E-state index contributed by atoms with van der Waals surface area (Å²) in [6.07, 6.45) is 6.70. The number of halogens is 1. The highest BCUT2D eigenvalue weighted by Crippen LogP contribution is 2.47. The van der Waals surface area contributed by atoms with Gasteiger partial charge in [-0.15, -0.1) is 0 Å². The van der Waals surface area contributed by atoms with Crippen molar-refractivity contribution in [3.8, 4) is 46.0 Å². The quantitative estimate of drug-likeness (QED) is 0.119. The molecule has 42 heavy (non-hydrogen) atoms. The minimum absolute atomic E-state index is 0.293. The van der Waals surface area contributed by atoms with Gasteiger partial charge in [-0.05, 0) is 45.8 Å². The Morgan fingerprint density at radius 3 is 1.79 bits per heavy atom. The van der Waals surface area contributed by atoms with Crippen LogP contribution in [0.5, 0.6) is 46.0 Å². The molecule has 0 radical (unpaired) electrons. The molecule has 1 N–H and O–H groups in total. The Morgan fingerprint density at radius 1 is 0.643 bits per heavy atom. The zero-order valence-corrected chi connectivity index (χ0v) is 26.3. The van der Waals surface area contributed by atoms with Crippen molar-refractivity contribution in [2.75, 3.05) is 62.2 Å². The van der Waals surface area contributed by atoms with Gasteiger partial charge >= 0.3 is 0 Å². The van der Waals surface area contributed by atoms with Crippen LogP contribution in [0.4, 0.5) is 5.69 Å². The summed E-state index contributed by atoms with van der Waals surface area (Å²) in [7, 11) is 12.2. The Balaban J connectivity index is 1.91. The first-order valence-corrected chi connectivity index (χ1v) is 13.3. The van der Waals surface area contributed by atoms with E-state index in [4.69, 9.17) is 37.9 Å². The van der Waals surface area contributed by atoms with E-state index in [0.29, 0.717) is 61.7 Å². The second-order valence-corrected chi connectivity index (χ2v) is 9.20. The fraction of sp³-hybridized carbons (Fsp3) is 0.258. The predicted octanol–water partition coefficient (Wildman–Crippen LogP) is 6.50. The Hall–Kier alpha value is -4.51. The molecule has 0 atom stereocenters. The highest BCUT2D eigenvalue weighted by molar-refractivity contribution is 9.10. The largest absolute Gasteiger partial charge is 0.495 e. The zero-order chi connectivity index (χ0) is 30.8. The van der Waals surface area contributed by atoms with Crippen LogP contribution in [0.3, 0.4) is 0 Å². The van der Waals surface area contributed by atoms with Crippen LogP contribution < -0.4 is 43.2 Å². The van der Waals surface area contributed by atoms with Crippen LogP contribution in [-0.4, -0.2) is 62.7 Å². The summed E-state index contributed by atoms with van der Waals surface area (Å²) in [5, 5.41) is 3.13. The third kappa shape index (κ3) is 6.68. The van der Waals surface area contributed by atoms with Crippen LogP contribution in [0, 0.1) is 0 Å². The predicted molar refractivity (Wildman–Crippen MR) is 165 cm³/mol. The molecule has 3 aromatic carbocycles. The molecule has 0 aliphatic rings. The molecule has 0 saturated carbocycles. The van der Waals surface area contributed by atoms with Crippen molar-refractivity contribution in [1.82, 2.24) is 0 Å². The van der Waals surface area contributed by atoms with Gasteiger partial charge in [0.1, 0.15) is 5.75 Å². The van der Waals surface area contributed by atoms with Crippen LogP contribution in [0.25, 0.3) is 12.2 Å². The third-order valence-corrected chi connectivity index (χ3v) is 6.99. The molecule has 0 amide bonds. The Bertz CT molecular complexity index is 1480. The first-order valence-electron chi connectivity index (χ1n) is 12.5. The number of hydrogen-bond acceptors (Lipinski definition) is 10. The number of anilines is 1. The minimum Gasteiger partial charge on any atom is -0.495 e. The molecule has 3 rings (SSSR count). The number of carbonyl (C=O) groups excluding carboxylic acids is 1. The van der Waals surface area contributed by atoms with Gasteiger partial charge in [-0.3, -0.25) is 4.79 Å². The van der Waals surface area contributed by atoms with Crippen LogP contribution in [0.1, 0.15) is 21.5 Å². The number of ether oxygens (including phenoxy) is 8. The van der Waals surface area contributed by atoms with E-state index in [1.807, 2.05) is 30.4 Å². The highest BCUT2D eigenvalue weighted by Gasteiger charge is 2.22. The molecule has 10 nitrogen and oxygen atoms in total. The number of hydrogen-bond donors (Lipinski definition) is 1. The summed E-state index contributed by atoms with van der Waals surface area (Å²) >= 11 is 3.44. The van der Waals surface area contributed by atoms with Crippen molar-refractivity contribution in [2.45, 2.75) is 0 Å². The molecule has 0 saturated heterocycles. The average molecular weight is 645 g/mol. The third-order valence-electron chi connectivity index (χ3n) is 6.20. The number of ketones is 1. The summed E-state index contributed by atoms with van der Waals surface area (Å²) in [5.41, 5.74) is 2.55. The molecule has 0 aromatic heterocycles. The second-order valence-electron chi connectivity index (χ2n) is 8.41. The maximum atomic E-state index is 13.1. The van der Waals surface area contributed by atoms with Crippen molar-refractivity contribution in [1.29, 1.82) is 0 Å². The first-order chi connectivity index (χ1) is 20.3. The Kier molecular flexibility index (Phi) is 11.4. The number of nitrogens with one attached hydrogen (secondary N) is 1. The molecule has 11 heteroatoms. The minimum atomic E-state index is -0.293. The first kappa shape index (κ1) is 32.0. The van der Waals surface area contributed by atoms with E-state index >= 15 is 0 Å². The topological polar surface area (TPSA) is 103 Å². The maximum Gasteiger partial charge on any atom is 0.207 e. The molecule has 0 heterocycles. The van der Waals surface area contributed by atoms with Gasteiger partial charge in [-0.1, -0.05) is 18.2 Å². The van der Waals surface area contributed by atoms with Gasteiger partial charge in [-0.2, -0.15) is 0 Å². The number of methoxy groups -OCH3 is 8. The van der Waals surface area contributed by atoms with Crippen LogP contribution >= 0.6 is 15.9 Å². The fourth-order valence-electron chi connectivity index (χ4n) is 4.21. The maximum absolute atomic E-state index is 13.1. The zero-order valence-electron chi connectivity index (χ0n) is 24.7.